The molecule has 1 saturated carbocycles. The Morgan fingerprint density at radius 3 is 2.50 bits per heavy atom. The lowest BCUT2D eigenvalue weighted by Crippen LogP contribution is -2.34. The van der Waals surface area contributed by atoms with Crippen LogP contribution in [0.1, 0.15) is 24.3 Å². The minimum atomic E-state index is -0.114. The molecule has 2 aromatic rings. The predicted molar refractivity (Wildman–Crippen MR) is 82.2 cm³/mol. The highest BCUT2D eigenvalue weighted by atomic mass is 35.5. The molecule has 2 aromatic carbocycles. The van der Waals surface area contributed by atoms with Gasteiger partial charge in [-0.2, -0.15) is 0 Å². The zero-order chi connectivity index (χ0) is 14.1. The van der Waals surface area contributed by atoms with E-state index < -0.39 is 0 Å². The summed E-state index contributed by atoms with van der Waals surface area (Å²) in [5, 5.41) is 4.46. The summed E-state index contributed by atoms with van der Waals surface area (Å²) in [4.78, 5) is 0. The van der Waals surface area contributed by atoms with Crippen molar-refractivity contribution in [3.8, 4) is 0 Å². The van der Waals surface area contributed by atoms with E-state index in [4.69, 9.17) is 23.2 Å². The first-order chi connectivity index (χ1) is 9.65. The standard InChI is InChI=1S/C16H14Cl2FN/c17-13-5-3-7-15(16(13)18)20-11-8-10(9-11)12-4-1-2-6-14(12)19/h1-7,10-11,20H,8-9H2. The normalized spacial score (nSPS) is 21.4. The first-order valence-electron chi connectivity index (χ1n) is 6.60. The van der Waals surface area contributed by atoms with Gasteiger partial charge in [0.25, 0.3) is 0 Å². The lowest BCUT2D eigenvalue weighted by atomic mass is 9.75. The van der Waals surface area contributed by atoms with Crippen LogP contribution < -0.4 is 5.32 Å². The van der Waals surface area contributed by atoms with Gasteiger partial charge in [0.05, 0.1) is 15.7 Å². The van der Waals surface area contributed by atoms with Crippen LogP contribution in [-0.2, 0) is 0 Å². The summed E-state index contributed by atoms with van der Waals surface area (Å²) in [7, 11) is 0. The van der Waals surface area contributed by atoms with Crippen LogP contribution >= 0.6 is 23.2 Å². The van der Waals surface area contributed by atoms with Crippen molar-refractivity contribution >= 4 is 28.9 Å². The first-order valence-corrected chi connectivity index (χ1v) is 7.35. The van der Waals surface area contributed by atoms with E-state index >= 15 is 0 Å². The highest BCUT2D eigenvalue weighted by Gasteiger charge is 2.32. The van der Waals surface area contributed by atoms with E-state index in [0.717, 1.165) is 24.1 Å². The predicted octanol–water partition coefficient (Wildman–Crippen LogP) is 5.49. The number of hydrogen-bond donors (Lipinski definition) is 1. The Hall–Kier alpha value is -1.25. The summed E-state index contributed by atoms with van der Waals surface area (Å²) >= 11 is 12.1. The fourth-order valence-corrected chi connectivity index (χ4v) is 2.99. The van der Waals surface area contributed by atoms with Crippen LogP contribution in [0.2, 0.25) is 10.0 Å². The molecule has 1 aliphatic rings. The molecule has 1 fully saturated rings. The summed E-state index contributed by atoms with van der Waals surface area (Å²) in [6, 6.07) is 12.8. The van der Waals surface area contributed by atoms with Gasteiger partial charge in [-0.1, -0.05) is 47.5 Å². The topological polar surface area (TPSA) is 12.0 Å². The average Bonchev–Trinajstić information content (AvgIpc) is 2.39. The molecule has 0 atom stereocenters. The molecule has 1 nitrogen and oxygen atoms in total. The van der Waals surface area contributed by atoms with Gasteiger partial charge in [0.2, 0.25) is 0 Å². The van der Waals surface area contributed by atoms with Crippen molar-refractivity contribution in [2.24, 2.45) is 0 Å². The molecule has 20 heavy (non-hydrogen) atoms. The van der Waals surface area contributed by atoms with Gasteiger partial charge in [0.15, 0.2) is 0 Å². The van der Waals surface area contributed by atoms with E-state index in [9.17, 15) is 4.39 Å². The smallest absolute Gasteiger partial charge is 0.126 e. The molecule has 104 valence electrons. The fraction of sp³-hybridized carbons (Fsp3) is 0.250. The van der Waals surface area contributed by atoms with E-state index in [1.165, 1.54) is 6.07 Å². The quantitative estimate of drug-likeness (QED) is 0.790. The summed E-state index contributed by atoms with van der Waals surface area (Å²) in [6.45, 7) is 0. The van der Waals surface area contributed by atoms with Crippen LogP contribution in [-0.4, -0.2) is 6.04 Å². The van der Waals surface area contributed by atoms with Gasteiger partial charge >= 0.3 is 0 Å². The summed E-state index contributed by atoms with van der Waals surface area (Å²) < 4.78 is 13.7. The molecule has 3 rings (SSSR count). The van der Waals surface area contributed by atoms with Crippen molar-refractivity contribution < 1.29 is 4.39 Å². The maximum absolute atomic E-state index is 13.7. The maximum Gasteiger partial charge on any atom is 0.126 e. The van der Waals surface area contributed by atoms with Crippen LogP contribution in [0.25, 0.3) is 0 Å². The summed E-state index contributed by atoms with van der Waals surface area (Å²) in [5.74, 6) is 0.170. The molecule has 0 saturated heterocycles. The van der Waals surface area contributed by atoms with E-state index in [2.05, 4.69) is 5.32 Å². The summed E-state index contributed by atoms with van der Waals surface area (Å²) in [5.41, 5.74) is 1.65. The second-order valence-electron chi connectivity index (χ2n) is 5.13. The molecular formula is C16H14Cl2FN. The number of halogens is 3. The van der Waals surface area contributed by atoms with Crippen molar-refractivity contribution in [1.29, 1.82) is 0 Å². The van der Waals surface area contributed by atoms with Crippen LogP contribution in [0, 0.1) is 5.82 Å². The molecular weight excluding hydrogens is 296 g/mol. The van der Waals surface area contributed by atoms with E-state index in [1.807, 2.05) is 24.3 Å². The number of benzene rings is 2. The highest BCUT2D eigenvalue weighted by Crippen LogP contribution is 2.41. The molecule has 1 N–H and O–H groups in total. The van der Waals surface area contributed by atoms with Gasteiger partial charge in [0.1, 0.15) is 5.82 Å². The molecule has 0 aliphatic heterocycles. The molecule has 0 unspecified atom stereocenters. The van der Waals surface area contributed by atoms with E-state index in [0.29, 0.717) is 16.1 Å². The molecule has 0 bridgehead atoms. The second kappa shape index (κ2) is 5.63. The van der Waals surface area contributed by atoms with Gasteiger partial charge in [-0.05, 0) is 42.5 Å². The molecule has 0 amide bonds. The Labute approximate surface area is 127 Å². The number of nitrogens with one attached hydrogen (secondary N) is 1. The van der Waals surface area contributed by atoms with Crippen molar-refractivity contribution in [2.75, 3.05) is 5.32 Å². The SMILES string of the molecule is Fc1ccccc1C1CC(Nc2cccc(Cl)c2Cl)C1. The van der Waals surface area contributed by atoms with Crippen LogP contribution in [0.3, 0.4) is 0 Å². The average molecular weight is 310 g/mol. The van der Waals surface area contributed by atoms with E-state index in [-0.39, 0.29) is 11.7 Å². The van der Waals surface area contributed by atoms with Gasteiger partial charge in [-0.15, -0.1) is 0 Å². The third kappa shape index (κ3) is 2.63. The van der Waals surface area contributed by atoms with Crippen LogP contribution in [0.15, 0.2) is 42.5 Å². The third-order valence-electron chi connectivity index (χ3n) is 3.79. The minimum Gasteiger partial charge on any atom is -0.381 e. The first kappa shape index (κ1) is 13.7. The largest absolute Gasteiger partial charge is 0.381 e. The lowest BCUT2D eigenvalue weighted by Gasteiger charge is -2.37. The number of hydrogen-bond acceptors (Lipinski definition) is 1. The zero-order valence-electron chi connectivity index (χ0n) is 10.7. The van der Waals surface area contributed by atoms with Crippen molar-refractivity contribution in [3.63, 3.8) is 0 Å². The summed E-state index contributed by atoms with van der Waals surface area (Å²) in [6.07, 6.45) is 1.81. The fourth-order valence-electron chi connectivity index (χ4n) is 2.63. The molecule has 1 aliphatic carbocycles. The van der Waals surface area contributed by atoms with Crippen molar-refractivity contribution in [3.05, 3.63) is 63.9 Å². The second-order valence-corrected chi connectivity index (χ2v) is 5.92. The highest BCUT2D eigenvalue weighted by molar-refractivity contribution is 6.43. The molecule has 0 radical (unpaired) electrons. The van der Waals surface area contributed by atoms with Crippen LogP contribution in [0.4, 0.5) is 10.1 Å². The third-order valence-corrected chi connectivity index (χ3v) is 4.61. The maximum atomic E-state index is 13.7. The van der Waals surface area contributed by atoms with Crippen molar-refractivity contribution in [2.45, 2.75) is 24.8 Å². The molecule has 4 heteroatoms. The minimum absolute atomic E-state index is 0.114. The van der Waals surface area contributed by atoms with Gasteiger partial charge in [-0.25, -0.2) is 4.39 Å². The van der Waals surface area contributed by atoms with Gasteiger partial charge < -0.3 is 5.32 Å². The number of rotatable bonds is 3. The zero-order valence-corrected chi connectivity index (χ0v) is 12.3. The molecule has 0 spiro atoms. The van der Waals surface area contributed by atoms with Crippen LogP contribution in [0.5, 0.6) is 0 Å². The Bertz CT molecular complexity index is 624. The van der Waals surface area contributed by atoms with E-state index in [1.54, 1.807) is 12.1 Å². The Morgan fingerprint density at radius 1 is 1.00 bits per heavy atom. The molecule has 0 heterocycles. The van der Waals surface area contributed by atoms with Gasteiger partial charge in [-0.3, -0.25) is 0 Å². The Kier molecular flexibility index (Phi) is 3.86. The van der Waals surface area contributed by atoms with Gasteiger partial charge in [0, 0.05) is 6.04 Å². The Balaban J connectivity index is 1.64. The van der Waals surface area contributed by atoms with Crippen molar-refractivity contribution in [1.82, 2.24) is 0 Å². The Morgan fingerprint density at radius 2 is 1.75 bits per heavy atom. The lowest BCUT2D eigenvalue weighted by molar-refractivity contribution is 0.363. The number of anilines is 1. The molecule has 0 aromatic heterocycles. The monoisotopic (exact) mass is 309 g/mol.